The van der Waals surface area contributed by atoms with Gasteiger partial charge in [0.05, 0.1) is 6.61 Å². The first-order valence-electron chi connectivity index (χ1n) is 5.35. The summed E-state index contributed by atoms with van der Waals surface area (Å²) < 4.78 is 4.86. The van der Waals surface area contributed by atoms with Crippen LogP contribution in [0, 0.1) is 6.92 Å². The van der Waals surface area contributed by atoms with Crippen LogP contribution in [0.5, 0.6) is 11.5 Å². The van der Waals surface area contributed by atoms with E-state index in [9.17, 15) is 15.0 Å². The zero-order chi connectivity index (χ0) is 13.0. The van der Waals surface area contributed by atoms with E-state index in [1.807, 2.05) is 0 Å². The minimum atomic E-state index is -0.590. The number of ether oxygens (including phenoxy) is 1. The van der Waals surface area contributed by atoms with Gasteiger partial charge < -0.3 is 14.9 Å². The normalized spacial score (nSPS) is 10.0. The molecule has 0 unspecified atom stereocenters. The highest BCUT2D eigenvalue weighted by Gasteiger charge is 2.20. The molecule has 0 fully saturated rings. The zero-order valence-electron chi connectivity index (χ0n) is 9.99. The molecule has 17 heavy (non-hydrogen) atoms. The van der Waals surface area contributed by atoms with Gasteiger partial charge in [-0.1, -0.05) is 6.08 Å². The molecule has 1 rings (SSSR count). The lowest BCUT2D eigenvalue weighted by molar-refractivity contribution is 0.0522. The van der Waals surface area contributed by atoms with Crippen LogP contribution in [0.3, 0.4) is 0 Å². The summed E-state index contributed by atoms with van der Waals surface area (Å²) in [6.45, 7) is 7.08. The van der Waals surface area contributed by atoms with Crippen molar-refractivity contribution < 1.29 is 19.7 Å². The van der Waals surface area contributed by atoms with Gasteiger partial charge in [-0.25, -0.2) is 4.79 Å². The minimum absolute atomic E-state index is 0.0482. The van der Waals surface area contributed by atoms with Crippen LogP contribution in [0.25, 0.3) is 0 Å². The smallest absolute Gasteiger partial charge is 0.342 e. The summed E-state index contributed by atoms with van der Waals surface area (Å²) in [4.78, 5) is 11.7. The number of rotatable bonds is 4. The highest BCUT2D eigenvalue weighted by molar-refractivity contribution is 5.95. The van der Waals surface area contributed by atoms with E-state index >= 15 is 0 Å². The lowest BCUT2D eigenvalue weighted by Crippen LogP contribution is -2.08. The fraction of sp³-hybridized carbons (Fsp3) is 0.308. The van der Waals surface area contributed by atoms with Gasteiger partial charge in [-0.15, -0.1) is 6.58 Å². The monoisotopic (exact) mass is 236 g/mol. The van der Waals surface area contributed by atoms with E-state index in [2.05, 4.69) is 6.58 Å². The van der Waals surface area contributed by atoms with E-state index in [4.69, 9.17) is 4.74 Å². The molecule has 0 aromatic heterocycles. The van der Waals surface area contributed by atoms with Crippen molar-refractivity contribution in [1.82, 2.24) is 0 Å². The molecule has 0 heterocycles. The van der Waals surface area contributed by atoms with E-state index in [1.54, 1.807) is 19.9 Å². The van der Waals surface area contributed by atoms with Crippen LogP contribution in [0.2, 0.25) is 0 Å². The number of hydrogen-bond acceptors (Lipinski definition) is 4. The third-order valence-electron chi connectivity index (χ3n) is 2.41. The lowest BCUT2D eigenvalue weighted by atomic mass is 10.00. The minimum Gasteiger partial charge on any atom is -0.508 e. The predicted molar refractivity (Wildman–Crippen MR) is 64.4 cm³/mol. The number of esters is 1. The number of allylic oxidation sites excluding steroid dienone is 1. The Bertz CT molecular complexity index is 449. The first-order valence-corrected chi connectivity index (χ1v) is 5.35. The third kappa shape index (κ3) is 2.58. The van der Waals surface area contributed by atoms with E-state index in [0.717, 1.165) is 0 Å². The Labute approximate surface area is 100 Å². The van der Waals surface area contributed by atoms with Gasteiger partial charge in [0.1, 0.15) is 17.1 Å². The van der Waals surface area contributed by atoms with Crippen molar-refractivity contribution in [2.75, 3.05) is 6.61 Å². The average molecular weight is 236 g/mol. The van der Waals surface area contributed by atoms with Crippen molar-refractivity contribution >= 4 is 5.97 Å². The second kappa shape index (κ2) is 5.39. The maximum Gasteiger partial charge on any atom is 0.342 e. The standard InChI is InChI=1S/C13H16O4/c1-4-6-9-10(14)7-8(3)11(12(9)15)13(16)17-5-2/h4,7,14-15H,1,5-6H2,2-3H3. The van der Waals surface area contributed by atoms with Crippen LogP contribution in [0.15, 0.2) is 18.7 Å². The Morgan fingerprint density at radius 3 is 2.71 bits per heavy atom. The molecule has 0 aliphatic rings. The van der Waals surface area contributed by atoms with E-state index in [0.29, 0.717) is 5.56 Å². The van der Waals surface area contributed by atoms with Crippen LogP contribution >= 0.6 is 0 Å². The van der Waals surface area contributed by atoms with Gasteiger partial charge in [-0.2, -0.15) is 0 Å². The third-order valence-corrected chi connectivity index (χ3v) is 2.41. The molecule has 0 saturated carbocycles. The summed E-state index contributed by atoms with van der Waals surface area (Å²) in [5.41, 5.74) is 0.862. The fourth-order valence-corrected chi connectivity index (χ4v) is 1.63. The van der Waals surface area contributed by atoms with Crippen molar-refractivity contribution in [3.63, 3.8) is 0 Å². The van der Waals surface area contributed by atoms with Gasteiger partial charge in [-0.3, -0.25) is 0 Å². The highest BCUT2D eigenvalue weighted by Crippen LogP contribution is 2.34. The molecule has 0 spiro atoms. The fourth-order valence-electron chi connectivity index (χ4n) is 1.63. The van der Waals surface area contributed by atoms with Gasteiger partial charge in [-0.05, 0) is 31.9 Å². The maximum absolute atomic E-state index is 11.7. The van der Waals surface area contributed by atoms with Crippen molar-refractivity contribution in [2.24, 2.45) is 0 Å². The molecular formula is C13H16O4. The van der Waals surface area contributed by atoms with Gasteiger partial charge >= 0.3 is 5.97 Å². The molecule has 1 aromatic carbocycles. The summed E-state index contributed by atoms with van der Waals surface area (Å²) in [5.74, 6) is -0.874. The van der Waals surface area contributed by atoms with Crippen LogP contribution in [-0.2, 0) is 11.2 Å². The highest BCUT2D eigenvalue weighted by atomic mass is 16.5. The van der Waals surface area contributed by atoms with Crippen LogP contribution in [0.1, 0.15) is 28.4 Å². The number of phenols is 2. The summed E-state index contributed by atoms with van der Waals surface area (Å²) >= 11 is 0. The average Bonchev–Trinajstić information content (AvgIpc) is 2.24. The van der Waals surface area contributed by atoms with Gasteiger partial charge in [0.15, 0.2) is 0 Å². The molecule has 0 bridgehead atoms. The number of aryl methyl sites for hydroxylation is 1. The Morgan fingerprint density at radius 1 is 1.53 bits per heavy atom. The summed E-state index contributed by atoms with van der Waals surface area (Å²) in [6.07, 6.45) is 1.82. The number of aromatic hydroxyl groups is 2. The van der Waals surface area contributed by atoms with Crippen molar-refractivity contribution in [3.8, 4) is 11.5 Å². The summed E-state index contributed by atoms with van der Waals surface area (Å²) in [6, 6.07) is 1.44. The van der Waals surface area contributed by atoms with Crippen LogP contribution in [0.4, 0.5) is 0 Å². The van der Waals surface area contributed by atoms with Gasteiger partial charge in [0.2, 0.25) is 0 Å². The Kier molecular flexibility index (Phi) is 4.15. The molecule has 4 heteroatoms. The van der Waals surface area contributed by atoms with Gasteiger partial charge in [0.25, 0.3) is 0 Å². The maximum atomic E-state index is 11.7. The van der Waals surface area contributed by atoms with Crippen LogP contribution < -0.4 is 0 Å². The molecule has 1 aromatic rings. The lowest BCUT2D eigenvalue weighted by Gasteiger charge is -2.12. The second-order valence-electron chi connectivity index (χ2n) is 3.63. The Morgan fingerprint density at radius 2 is 2.18 bits per heavy atom. The second-order valence-corrected chi connectivity index (χ2v) is 3.63. The van der Waals surface area contributed by atoms with Crippen molar-refractivity contribution in [2.45, 2.75) is 20.3 Å². The number of benzene rings is 1. The largest absolute Gasteiger partial charge is 0.508 e. The Hall–Kier alpha value is -1.97. The molecule has 0 radical (unpaired) electrons. The first-order chi connectivity index (χ1) is 8.02. The molecule has 0 aliphatic heterocycles. The summed E-state index contributed by atoms with van der Waals surface area (Å²) in [5, 5.41) is 19.6. The van der Waals surface area contributed by atoms with E-state index < -0.39 is 5.97 Å². The molecule has 0 saturated heterocycles. The van der Waals surface area contributed by atoms with Crippen LogP contribution in [-0.4, -0.2) is 22.8 Å². The molecular weight excluding hydrogens is 220 g/mol. The number of hydrogen-bond donors (Lipinski definition) is 2. The molecule has 0 atom stereocenters. The Balaban J connectivity index is 3.34. The van der Waals surface area contributed by atoms with Gasteiger partial charge in [0, 0.05) is 5.56 Å². The molecule has 0 amide bonds. The van der Waals surface area contributed by atoms with E-state index in [-0.39, 0.29) is 35.7 Å². The van der Waals surface area contributed by atoms with Crippen molar-refractivity contribution in [3.05, 3.63) is 35.4 Å². The number of carbonyl (C=O) groups is 1. The quantitative estimate of drug-likeness (QED) is 0.622. The first kappa shape index (κ1) is 13.1. The number of carbonyl (C=O) groups excluding carboxylic acids is 1. The summed E-state index contributed by atoms with van der Waals surface area (Å²) in [7, 11) is 0. The molecule has 2 N–H and O–H groups in total. The topological polar surface area (TPSA) is 66.8 Å². The molecule has 4 nitrogen and oxygen atoms in total. The van der Waals surface area contributed by atoms with E-state index in [1.165, 1.54) is 6.07 Å². The predicted octanol–water partition coefficient (Wildman–Crippen LogP) is 2.31. The molecule has 92 valence electrons. The zero-order valence-corrected chi connectivity index (χ0v) is 9.99. The van der Waals surface area contributed by atoms with Crippen molar-refractivity contribution in [1.29, 1.82) is 0 Å². The SMILES string of the molecule is C=CCc1c(O)cc(C)c(C(=O)OCC)c1O. The number of phenolic OH excluding ortho intramolecular Hbond substituents is 2. The molecule has 0 aliphatic carbocycles.